The lowest BCUT2D eigenvalue weighted by Gasteiger charge is -1.99. The van der Waals surface area contributed by atoms with Crippen LogP contribution in [0, 0.1) is 12.8 Å². The van der Waals surface area contributed by atoms with Gasteiger partial charge in [-0.25, -0.2) is 0 Å². The molecule has 36 valence electrons. The Balaban J connectivity index is 2.49. The summed E-state index contributed by atoms with van der Waals surface area (Å²) in [7, 11) is 0. The van der Waals surface area contributed by atoms with Gasteiger partial charge in [-0.2, -0.15) is 0 Å². The zero-order valence-electron chi connectivity index (χ0n) is 4.17. The van der Waals surface area contributed by atoms with E-state index in [1.807, 2.05) is 12.2 Å². The van der Waals surface area contributed by atoms with Crippen molar-refractivity contribution in [2.45, 2.75) is 6.42 Å². The van der Waals surface area contributed by atoms with Crippen LogP contribution >= 0.6 is 0 Å². The highest BCUT2D eigenvalue weighted by Gasteiger charge is 1.90. The second-order valence-corrected chi connectivity index (χ2v) is 1.67. The lowest BCUT2D eigenvalue weighted by atomic mass is 10.1. The third kappa shape index (κ3) is 1.19. The maximum absolute atomic E-state index is 5.46. The molecule has 0 aromatic rings. The predicted octanol–water partition coefficient (Wildman–Crippen LogP) is 1.83. The molecule has 0 unspecified atom stereocenters. The highest BCUT2D eigenvalue weighted by Crippen LogP contribution is 2.05. The molecule has 0 heteroatoms. The van der Waals surface area contributed by atoms with E-state index in [0.717, 1.165) is 6.42 Å². The molecule has 0 amide bonds. The van der Waals surface area contributed by atoms with Crippen molar-refractivity contribution >= 4 is 0 Å². The highest BCUT2D eigenvalue weighted by atomic mass is 14.0. The molecule has 0 bridgehead atoms. The molecule has 0 aromatic heterocycles. The average molecular weight is 92.1 g/mol. The van der Waals surface area contributed by atoms with Crippen molar-refractivity contribution < 1.29 is 0 Å². The minimum atomic E-state index is 0.175. The van der Waals surface area contributed by atoms with Gasteiger partial charge >= 0.3 is 0 Å². The van der Waals surface area contributed by atoms with Crippen molar-refractivity contribution in [3.63, 3.8) is 0 Å². The second-order valence-electron chi connectivity index (χ2n) is 1.67. The Morgan fingerprint density at radius 3 is 2.14 bits per heavy atom. The van der Waals surface area contributed by atoms with Crippen molar-refractivity contribution in [2.75, 3.05) is 0 Å². The molecule has 0 atom stereocenters. The molecule has 1 rings (SSSR count). The Morgan fingerprint density at radius 1 is 1.29 bits per heavy atom. The fourth-order valence-electron chi connectivity index (χ4n) is 0.614. The van der Waals surface area contributed by atoms with Crippen molar-refractivity contribution in [2.24, 2.45) is 5.92 Å². The summed E-state index contributed by atoms with van der Waals surface area (Å²) in [4.78, 5) is 0. The zero-order chi connectivity index (χ0) is 5.11. The van der Waals surface area contributed by atoms with Gasteiger partial charge in [0, 0.05) is 0 Å². The van der Waals surface area contributed by atoms with E-state index in [0.29, 0.717) is 0 Å². The predicted molar refractivity (Wildman–Crippen MR) is 30.7 cm³/mol. The number of rotatable bonds is 0. The van der Waals surface area contributed by atoms with Crippen LogP contribution in [-0.2, 0) is 0 Å². The summed E-state index contributed by atoms with van der Waals surface area (Å²) in [6, 6.07) is 0. The smallest absolute Gasteiger partial charge is 0.00188 e. The van der Waals surface area contributed by atoms with E-state index in [1.54, 1.807) is 0 Å². The molecule has 0 aromatic carbocycles. The first kappa shape index (κ1) is 4.63. The minimum Gasteiger partial charge on any atom is -0.0841 e. The van der Waals surface area contributed by atoms with Crippen LogP contribution in [0.25, 0.3) is 0 Å². The molecule has 1 aliphatic carbocycles. The molecule has 0 aliphatic heterocycles. The molecule has 7 heavy (non-hydrogen) atoms. The summed E-state index contributed by atoms with van der Waals surface area (Å²) < 4.78 is 0. The molecular formula is C7H8. The number of allylic oxidation sites excluding steroid dienone is 4. The summed E-state index contributed by atoms with van der Waals surface area (Å²) in [5.74, 6) is 0.175. The lowest BCUT2D eigenvalue weighted by Crippen LogP contribution is -1.85. The Morgan fingerprint density at radius 2 is 1.86 bits per heavy atom. The standard InChI is InChI=1S/C7H8/c1-7-5-3-2-4-6-7/h1,3-7H,2H2. The van der Waals surface area contributed by atoms with E-state index in [1.165, 1.54) is 0 Å². The van der Waals surface area contributed by atoms with E-state index in [4.69, 9.17) is 6.92 Å². The zero-order valence-corrected chi connectivity index (χ0v) is 4.17. The van der Waals surface area contributed by atoms with E-state index >= 15 is 0 Å². The lowest BCUT2D eigenvalue weighted by molar-refractivity contribution is 1.02. The summed E-state index contributed by atoms with van der Waals surface area (Å²) in [6.45, 7) is 5.46. The molecule has 0 spiro atoms. The summed E-state index contributed by atoms with van der Waals surface area (Å²) in [5, 5.41) is 0. The third-order valence-corrected chi connectivity index (χ3v) is 0.989. The van der Waals surface area contributed by atoms with Crippen molar-refractivity contribution in [3.05, 3.63) is 31.2 Å². The Bertz CT molecular complexity index is 86.6. The van der Waals surface area contributed by atoms with Crippen LogP contribution in [0.4, 0.5) is 0 Å². The van der Waals surface area contributed by atoms with Gasteiger partial charge in [0.2, 0.25) is 0 Å². The van der Waals surface area contributed by atoms with Gasteiger partial charge in [-0.05, 0) is 19.3 Å². The molecule has 0 N–H and O–H groups in total. The van der Waals surface area contributed by atoms with Crippen molar-refractivity contribution in [3.8, 4) is 0 Å². The molecule has 1 aliphatic rings. The van der Waals surface area contributed by atoms with Gasteiger partial charge in [0.25, 0.3) is 0 Å². The average Bonchev–Trinajstić information content (AvgIpc) is 1.69. The molecule has 0 saturated heterocycles. The minimum absolute atomic E-state index is 0.175. The van der Waals surface area contributed by atoms with Gasteiger partial charge in [-0.3, -0.25) is 0 Å². The van der Waals surface area contributed by atoms with Crippen LogP contribution in [0.1, 0.15) is 6.42 Å². The first-order valence-electron chi connectivity index (χ1n) is 2.48. The first-order chi connectivity index (χ1) is 3.39. The van der Waals surface area contributed by atoms with E-state index in [-0.39, 0.29) is 5.92 Å². The first-order valence-corrected chi connectivity index (χ1v) is 2.48. The molecule has 0 saturated carbocycles. The largest absolute Gasteiger partial charge is 0.0841 e. The fraction of sp³-hybridized carbons (Fsp3) is 0.286. The molecule has 0 nitrogen and oxygen atoms in total. The Hall–Kier alpha value is -0.520. The summed E-state index contributed by atoms with van der Waals surface area (Å²) >= 11 is 0. The van der Waals surface area contributed by atoms with Gasteiger partial charge in [-0.15, -0.1) is 0 Å². The van der Waals surface area contributed by atoms with Gasteiger partial charge in [0.15, 0.2) is 0 Å². The topological polar surface area (TPSA) is 0 Å². The van der Waals surface area contributed by atoms with E-state index in [9.17, 15) is 0 Å². The SMILES string of the molecule is [CH]C1C=CCC=C1. The van der Waals surface area contributed by atoms with E-state index < -0.39 is 0 Å². The van der Waals surface area contributed by atoms with Crippen LogP contribution in [-0.4, -0.2) is 0 Å². The van der Waals surface area contributed by atoms with E-state index in [2.05, 4.69) is 12.2 Å². The highest BCUT2D eigenvalue weighted by molar-refractivity contribution is 5.09. The molecule has 0 heterocycles. The Kier molecular flexibility index (Phi) is 1.30. The van der Waals surface area contributed by atoms with Crippen LogP contribution in [0.5, 0.6) is 0 Å². The number of hydrogen-bond acceptors (Lipinski definition) is 0. The van der Waals surface area contributed by atoms with Gasteiger partial charge in [-0.1, -0.05) is 24.3 Å². The van der Waals surface area contributed by atoms with Crippen LogP contribution in [0.2, 0.25) is 0 Å². The summed E-state index contributed by atoms with van der Waals surface area (Å²) in [6.07, 6.45) is 9.20. The van der Waals surface area contributed by atoms with Gasteiger partial charge < -0.3 is 0 Å². The summed E-state index contributed by atoms with van der Waals surface area (Å²) in [5.41, 5.74) is 0. The second kappa shape index (κ2) is 1.97. The maximum Gasteiger partial charge on any atom is -0.00188 e. The van der Waals surface area contributed by atoms with Gasteiger partial charge in [0.1, 0.15) is 0 Å². The fourth-order valence-corrected chi connectivity index (χ4v) is 0.614. The number of hydrogen-bond donors (Lipinski definition) is 0. The molecule has 0 fully saturated rings. The Labute approximate surface area is 44.5 Å². The monoisotopic (exact) mass is 92.1 g/mol. The van der Waals surface area contributed by atoms with Crippen molar-refractivity contribution in [1.29, 1.82) is 0 Å². The van der Waals surface area contributed by atoms with Crippen molar-refractivity contribution in [1.82, 2.24) is 0 Å². The molecular weight excluding hydrogens is 84.1 g/mol. The van der Waals surface area contributed by atoms with Crippen LogP contribution < -0.4 is 0 Å². The van der Waals surface area contributed by atoms with Crippen LogP contribution in [0.15, 0.2) is 24.3 Å². The van der Waals surface area contributed by atoms with Crippen LogP contribution in [0.3, 0.4) is 0 Å². The molecule has 2 radical (unpaired) electrons. The normalized spacial score (nSPS) is 20.7. The third-order valence-electron chi connectivity index (χ3n) is 0.989. The van der Waals surface area contributed by atoms with Gasteiger partial charge in [0.05, 0.1) is 0 Å². The quantitative estimate of drug-likeness (QED) is 0.400. The maximum atomic E-state index is 5.46.